The van der Waals surface area contributed by atoms with Gasteiger partial charge in [-0.15, -0.1) is 11.3 Å². The Morgan fingerprint density at radius 3 is 2.84 bits per heavy atom. The van der Waals surface area contributed by atoms with E-state index in [2.05, 4.69) is 47.1 Å². The quantitative estimate of drug-likeness (QED) is 0.738. The molecule has 2 aromatic rings. The normalized spacial score (nSPS) is 20.4. The zero-order valence-electron chi connectivity index (χ0n) is 11.5. The second-order valence-corrected chi connectivity index (χ2v) is 7.49. The molecule has 102 valence electrons. The highest BCUT2D eigenvalue weighted by molar-refractivity contribution is 7.16. The molecular weight excluding hydrogens is 278 g/mol. The number of aromatic nitrogens is 2. The summed E-state index contributed by atoms with van der Waals surface area (Å²) < 4.78 is 0. The lowest BCUT2D eigenvalue weighted by Gasteiger charge is -2.27. The number of nitrogens with zero attached hydrogens (tertiary/aromatic N) is 3. The van der Waals surface area contributed by atoms with Gasteiger partial charge in [-0.2, -0.15) is 4.98 Å². The van der Waals surface area contributed by atoms with Gasteiger partial charge < -0.3 is 4.90 Å². The highest BCUT2D eigenvalue weighted by Crippen LogP contribution is 2.37. The number of halogens is 1. The molecule has 3 nitrogen and oxygen atoms in total. The predicted molar refractivity (Wildman–Crippen MR) is 82.2 cm³/mol. The molecule has 0 saturated carbocycles. The average molecular weight is 296 g/mol. The lowest BCUT2D eigenvalue weighted by atomic mass is 9.80. The molecule has 3 heterocycles. The molecule has 1 atom stereocenters. The highest BCUT2D eigenvalue weighted by Gasteiger charge is 2.33. The van der Waals surface area contributed by atoms with Gasteiger partial charge in [0.1, 0.15) is 10.6 Å². The molecule has 1 aliphatic heterocycles. The Labute approximate surface area is 122 Å². The maximum absolute atomic E-state index is 6.04. The summed E-state index contributed by atoms with van der Waals surface area (Å²) in [6, 6.07) is 2.09. The summed E-state index contributed by atoms with van der Waals surface area (Å²) >= 11 is 7.66. The van der Waals surface area contributed by atoms with E-state index in [0.717, 1.165) is 29.1 Å². The van der Waals surface area contributed by atoms with E-state index in [0.29, 0.717) is 16.6 Å². The highest BCUT2D eigenvalue weighted by atomic mass is 35.5. The zero-order chi connectivity index (χ0) is 13.6. The Balaban J connectivity index is 1.95. The van der Waals surface area contributed by atoms with Crippen LogP contribution >= 0.6 is 22.9 Å². The van der Waals surface area contributed by atoms with Gasteiger partial charge in [0, 0.05) is 13.1 Å². The fourth-order valence-electron chi connectivity index (χ4n) is 2.72. The molecule has 0 aromatic carbocycles. The molecule has 0 radical (unpaired) electrons. The van der Waals surface area contributed by atoms with Crippen LogP contribution in [-0.2, 0) is 0 Å². The van der Waals surface area contributed by atoms with Crippen LogP contribution in [0.15, 0.2) is 11.4 Å². The first-order valence-electron chi connectivity index (χ1n) is 6.61. The standard InChI is InChI=1S/C14H18ClN3S/c1-14(2,3)9-4-6-18(8-9)11-10-5-7-19-12(10)17-13(15)16-11/h5,7,9H,4,6,8H2,1-3H3. The van der Waals surface area contributed by atoms with Crippen molar-refractivity contribution in [1.29, 1.82) is 0 Å². The molecule has 3 rings (SSSR count). The predicted octanol–water partition coefficient (Wildman–Crippen LogP) is 4.22. The fourth-order valence-corrected chi connectivity index (χ4v) is 3.69. The van der Waals surface area contributed by atoms with E-state index in [-0.39, 0.29) is 0 Å². The number of hydrogen-bond acceptors (Lipinski definition) is 4. The van der Waals surface area contributed by atoms with Crippen LogP contribution in [0.25, 0.3) is 10.2 Å². The number of anilines is 1. The van der Waals surface area contributed by atoms with E-state index in [9.17, 15) is 0 Å². The topological polar surface area (TPSA) is 29.0 Å². The van der Waals surface area contributed by atoms with Gasteiger partial charge in [0.2, 0.25) is 5.28 Å². The van der Waals surface area contributed by atoms with Crippen LogP contribution in [0.1, 0.15) is 27.2 Å². The van der Waals surface area contributed by atoms with Crippen molar-refractivity contribution in [3.05, 3.63) is 16.7 Å². The van der Waals surface area contributed by atoms with E-state index in [1.807, 2.05) is 0 Å². The van der Waals surface area contributed by atoms with Crippen LogP contribution in [-0.4, -0.2) is 23.1 Å². The van der Waals surface area contributed by atoms with Crippen molar-refractivity contribution in [2.75, 3.05) is 18.0 Å². The van der Waals surface area contributed by atoms with E-state index in [1.165, 1.54) is 6.42 Å². The molecule has 0 aliphatic carbocycles. The van der Waals surface area contributed by atoms with Gasteiger partial charge in [-0.25, -0.2) is 4.98 Å². The van der Waals surface area contributed by atoms with Gasteiger partial charge in [0.15, 0.2) is 0 Å². The van der Waals surface area contributed by atoms with Crippen LogP contribution in [0.5, 0.6) is 0 Å². The maximum atomic E-state index is 6.04. The third kappa shape index (κ3) is 2.43. The number of thiophene rings is 1. The Bertz CT molecular complexity index is 602. The van der Waals surface area contributed by atoms with E-state index < -0.39 is 0 Å². The molecule has 0 amide bonds. The van der Waals surface area contributed by atoms with Crippen molar-refractivity contribution >= 4 is 39.0 Å². The summed E-state index contributed by atoms with van der Waals surface area (Å²) in [5, 5.41) is 3.53. The van der Waals surface area contributed by atoms with Gasteiger partial charge in [-0.1, -0.05) is 20.8 Å². The SMILES string of the molecule is CC(C)(C)C1CCN(c2nc(Cl)nc3sccc23)C1. The van der Waals surface area contributed by atoms with Gasteiger partial charge in [-0.3, -0.25) is 0 Å². The summed E-state index contributed by atoms with van der Waals surface area (Å²) in [7, 11) is 0. The minimum absolute atomic E-state index is 0.347. The Kier molecular flexibility index (Phi) is 3.18. The second kappa shape index (κ2) is 4.60. The summed E-state index contributed by atoms with van der Waals surface area (Å²) in [6.45, 7) is 9.05. The first-order chi connectivity index (χ1) is 8.95. The van der Waals surface area contributed by atoms with Crippen molar-refractivity contribution in [2.45, 2.75) is 27.2 Å². The number of rotatable bonds is 1. The molecule has 1 unspecified atom stereocenters. The smallest absolute Gasteiger partial charge is 0.225 e. The Morgan fingerprint density at radius 1 is 1.37 bits per heavy atom. The van der Waals surface area contributed by atoms with Crippen LogP contribution in [0.3, 0.4) is 0 Å². The molecule has 0 bridgehead atoms. The molecule has 5 heteroatoms. The van der Waals surface area contributed by atoms with Crippen molar-refractivity contribution < 1.29 is 0 Å². The summed E-state index contributed by atoms with van der Waals surface area (Å²) in [5.74, 6) is 1.71. The van der Waals surface area contributed by atoms with E-state index in [1.54, 1.807) is 11.3 Å². The fraction of sp³-hybridized carbons (Fsp3) is 0.571. The van der Waals surface area contributed by atoms with Gasteiger partial charge in [0.05, 0.1) is 5.39 Å². The van der Waals surface area contributed by atoms with Crippen LogP contribution in [0, 0.1) is 11.3 Å². The third-order valence-corrected chi connectivity index (χ3v) is 4.97. The number of hydrogen-bond donors (Lipinski definition) is 0. The molecule has 2 aromatic heterocycles. The first-order valence-corrected chi connectivity index (χ1v) is 7.86. The minimum Gasteiger partial charge on any atom is -0.356 e. The average Bonchev–Trinajstić information content (AvgIpc) is 2.94. The molecule has 1 saturated heterocycles. The van der Waals surface area contributed by atoms with Gasteiger partial charge >= 0.3 is 0 Å². The number of fused-ring (bicyclic) bond motifs is 1. The van der Waals surface area contributed by atoms with Crippen molar-refractivity contribution in [2.24, 2.45) is 11.3 Å². The van der Waals surface area contributed by atoms with Gasteiger partial charge in [0.25, 0.3) is 0 Å². The lowest BCUT2D eigenvalue weighted by Crippen LogP contribution is -2.26. The maximum Gasteiger partial charge on any atom is 0.225 e. The van der Waals surface area contributed by atoms with Crippen molar-refractivity contribution in [3.8, 4) is 0 Å². The van der Waals surface area contributed by atoms with E-state index >= 15 is 0 Å². The third-order valence-electron chi connectivity index (χ3n) is 3.99. The van der Waals surface area contributed by atoms with E-state index in [4.69, 9.17) is 11.6 Å². The van der Waals surface area contributed by atoms with Crippen LogP contribution in [0.2, 0.25) is 5.28 Å². The molecular formula is C14H18ClN3S. The Hall–Kier alpha value is -0.870. The molecule has 0 spiro atoms. The second-order valence-electron chi connectivity index (χ2n) is 6.25. The lowest BCUT2D eigenvalue weighted by molar-refractivity contribution is 0.263. The zero-order valence-corrected chi connectivity index (χ0v) is 13.1. The molecule has 19 heavy (non-hydrogen) atoms. The molecule has 1 aliphatic rings. The van der Waals surface area contributed by atoms with Crippen molar-refractivity contribution in [1.82, 2.24) is 9.97 Å². The summed E-state index contributed by atoms with van der Waals surface area (Å²) in [4.78, 5) is 12.1. The first kappa shape index (κ1) is 13.1. The van der Waals surface area contributed by atoms with Crippen molar-refractivity contribution in [3.63, 3.8) is 0 Å². The monoisotopic (exact) mass is 295 g/mol. The van der Waals surface area contributed by atoms with Crippen LogP contribution < -0.4 is 4.90 Å². The molecule has 1 fully saturated rings. The summed E-state index contributed by atoms with van der Waals surface area (Å²) in [6.07, 6.45) is 1.22. The summed E-state index contributed by atoms with van der Waals surface area (Å²) in [5.41, 5.74) is 0.347. The van der Waals surface area contributed by atoms with Crippen LogP contribution in [0.4, 0.5) is 5.82 Å². The Morgan fingerprint density at radius 2 is 2.16 bits per heavy atom. The van der Waals surface area contributed by atoms with Gasteiger partial charge in [-0.05, 0) is 40.8 Å². The molecule has 0 N–H and O–H groups in total. The largest absolute Gasteiger partial charge is 0.356 e. The minimum atomic E-state index is 0.347.